The minimum Gasteiger partial charge on any atom is -0.457 e. The second-order valence-electron chi connectivity index (χ2n) is 15.5. The van der Waals surface area contributed by atoms with Crippen molar-refractivity contribution in [3.63, 3.8) is 0 Å². The highest BCUT2D eigenvalue weighted by molar-refractivity contribution is 7.26. The van der Waals surface area contributed by atoms with Gasteiger partial charge < -0.3 is 4.74 Å². The third-order valence-electron chi connectivity index (χ3n) is 12.6. The summed E-state index contributed by atoms with van der Waals surface area (Å²) in [6.07, 6.45) is 0. The topological polar surface area (TPSA) is 35.0 Å². The first kappa shape index (κ1) is 32.7. The summed E-state index contributed by atoms with van der Waals surface area (Å²) in [6, 6.07) is 69.8. The van der Waals surface area contributed by atoms with E-state index in [9.17, 15) is 0 Å². The predicted molar refractivity (Wildman–Crippen MR) is 244 cm³/mol. The summed E-state index contributed by atoms with van der Waals surface area (Å²) in [5.41, 5.74) is 13.1. The molecular formula is C55H32N2OS. The number of ether oxygens (including phenoxy) is 1. The molecule has 13 rings (SSSR count). The molecule has 3 nitrogen and oxygen atoms in total. The summed E-state index contributed by atoms with van der Waals surface area (Å²) in [5.74, 6) is 2.49. The molecule has 0 saturated heterocycles. The van der Waals surface area contributed by atoms with Gasteiger partial charge in [0.1, 0.15) is 11.5 Å². The zero-order valence-electron chi connectivity index (χ0n) is 31.7. The molecule has 1 aliphatic heterocycles. The first-order valence-corrected chi connectivity index (χ1v) is 20.9. The number of aromatic nitrogens is 2. The first-order valence-electron chi connectivity index (χ1n) is 20.1. The number of nitrogens with zero attached hydrogens (tertiary/aromatic N) is 2. The predicted octanol–water partition coefficient (Wildman–Crippen LogP) is 14.6. The molecule has 3 heterocycles. The van der Waals surface area contributed by atoms with Crippen molar-refractivity contribution < 1.29 is 4.74 Å². The van der Waals surface area contributed by atoms with Crippen molar-refractivity contribution in [2.45, 2.75) is 5.41 Å². The zero-order chi connectivity index (χ0) is 38.7. The van der Waals surface area contributed by atoms with Crippen molar-refractivity contribution in [2.75, 3.05) is 0 Å². The van der Waals surface area contributed by atoms with Gasteiger partial charge in [-0.15, -0.1) is 11.3 Å². The van der Waals surface area contributed by atoms with Crippen molar-refractivity contribution in [3.05, 3.63) is 216 Å². The van der Waals surface area contributed by atoms with Gasteiger partial charge in [-0.1, -0.05) is 176 Å². The lowest BCUT2D eigenvalue weighted by molar-refractivity contribution is 0.436. The van der Waals surface area contributed by atoms with E-state index >= 15 is 0 Å². The zero-order valence-corrected chi connectivity index (χ0v) is 32.5. The van der Waals surface area contributed by atoms with Crippen LogP contribution in [0.5, 0.6) is 11.5 Å². The summed E-state index contributed by atoms with van der Waals surface area (Å²) < 4.78 is 8.94. The smallest absolute Gasteiger partial charge is 0.161 e. The molecule has 0 bridgehead atoms. The summed E-state index contributed by atoms with van der Waals surface area (Å²) in [5, 5.41) is 5.77. The Hall–Kier alpha value is -7.40. The maximum atomic E-state index is 6.65. The maximum absolute atomic E-state index is 6.65. The van der Waals surface area contributed by atoms with Crippen molar-refractivity contribution in [1.29, 1.82) is 0 Å². The van der Waals surface area contributed by atoms with E-state index < -0.39 is 5.41 Å². The van der Waals surface area contributed by atoms with Crippen LogP contribution >= 0.6 is 11.3 Å². The van der Waals surface area contributed by atoms with E-state index in [0.29, 0.717) is 0 Å². The molecule has 0 saturated carbocycles. The van der Waals surface area contributed by atoms with Crippen molar-refractivity contribution in [1.82, 2.24) is 9.97 Å². The van der Waals surface area contributed by atoms with E-state index in [-0.39, 0.29) is 0 Å². The van der Waals surface area contributed by atoms with Gasteiger partial charge in [0.05, 0.1) is 21.3 Å². The van der Waals surface area contributed by atoms with Gasteiger partial charge in [-0.25, -0.2) is 9.97 Å². The van der Waals surface area contributed by atoms with Gasteiger partial charge in [0, 0.05) is 32.3 Å². The molecule has 0 atom stereocenters. The number of fused-ring (bicyclic) bond motifs is 14. The molecule has 274 valence electrons. The lowest BCUT2D eigenvalue weighted by Gasteiger charge is -2.39. The Morgan fingerprint density at radius 2 is 0.915 bits per heavy atom. The quantitative estimate of drug-likeness (QED) is 0.168. The molecule has 0 unspecified atom stereocenters. The van der Waals surface area contributed by atoms with Crippen molar-refractivity contribution in [2.24, 2.45) is 0 Å². The summed E-state index contributed by atoms with van der Waals surface area (Å²) >= 11 is 1.78. The Kier molecular flexibility index (Phi) is 6.81. The summed E-state index contributed by atoms with van der Waals surface area (Å²) in [4.78, 5) is 11.4. The van der Waals surface area contributed by atoms with Crippen LogP contribution in [0, 0.1) is 0 Å². The molecule has 9 aromatic carbocycles. The van der Waals surface area contributed by atoms with Gasteiger partial charge in [-0.2, -0.15) is 0 Å². The molecule has 4 heteroatoms. The molecule has 2 aromatic heterocycles. The molecule has 0 amide bonds. The van der Waals surface area contributed by atoms with E-state index in [1.54, 1.807) is 11.3 Å². The van der Waals surface area contributed by atoms with Crippen LogP contribution in [0.15, 0.2) is 194 Å². The minimum absolute atomic E-state index is 0.581. The van der Waals surface area contributed by atoms with E-state index in [1.807, 2.05) is 0 Å². The second-order valence-corrected chi connectivity index (χ2v) is 16.5. The van der Waals surface area contributed by atoms with E-state index in [4.69, 9.17) is 14.7 Å². The van der Waals surface area contributed by atoms with Crippen LogP contribution in [0.1, 0.15) is 22.3 Å². The maximum Gasteiger partial charge on any atom is 0.161 e. The third kappa shape index (κ3) is 4.41. The lowest BCUT2D eigenvalue weighted by Crippen LogP contribution is -2.32. The second kappa shape index (κ2) is 12.3. The monoisotopic (exact) mass is 768 g/mol. The fourth-order valence-corrected chi connectivity index (χ4v) is 11.4. The Bertz CT molecular complexity index is 3450. The molecule has 11 aromatic rings. The molecule has 0 fully saturated rings. The SMILES string of the molecule is c1ccc(-c2c3ccccc3c(-c3nc(-c4cccc5c4-c4ccccc4C54c5ccccc5Oc5ccccc54)c4sc5ccccc5c4n3)c3ccccc23)cc1. The number of hydrogen-bond acceptors (Lipinski definition) is 4. The molecule has 2 aliphatic rings. The first-order chi connectivity index (χ1) is 29.3. The summed E-state index contributed by atoms with van der Waals surface area (Å²) in [7, 11) is 0. The normalized spacial score (nSPS) is 13.4. The van der Waals surface area contributed by atoms with Crippen LogP contribution in [-0.2, 0) is 5.41 Å². The highest BCUT2D eigenvalue weighted by Gasteiger charge is 2.51. The number of para-hydroxylation sites is 2. The third-order valence-corrected chi connectivity index (χ3v) is 13.7. The van der Waals surface area contributed by atoms with Gasteiger partial charge >= 0.3 is 0 Å². The van der Waals surface area contributed by atoms with E-state index in [2.05, 4.69) is 194 Å². The molecule has 1 aliphatic carbocycles. The average Bonchev–Trinajstić information content (AvgIpc) is 3.82. The van der Waals surface area contributed by atoms with Crippen LogP contribution in [0.25, 0.3) is 86.7 Å². The van der Waals surface area contributed by atoms with Crippen LogP contribution in [0.2, 0.25) is 0 Å². The number of rotatable bonds is 3. The fourth-order valence-electron chi connectivity index (χ4n) is 10.3. The average molecular weight is 769 g/mol. The standard InChI is InChI=1S/C55H32N2OS/c1-2-17-33(18-3-1)48-34-19-4-6-21-36(34)50(37-22-7-5-20-35(37)48)54-56-51-39-24-9-15-32-47(39)59-53(51)52(57-54)40-25-16-29-44-49(40)38-23-8-10-26-41(38)55(44)42-27-11-13-30-45(42)58-46-31-14-12-28-43(46)55/h1-32H. The van der Waals surface area contributed by atoms with Gasteiger partial charge in [0.15, 0.2) is 5.82 Å². The largest absolute Gasteiger partial charge is 0.457 e. The van der Waals surface area contributed by atoms with Gasteiger partial charge in [-0.05, 0) is 73.1 Å². The Morgan fingerprint density at radius 1 is 0.390 bits per heavy atom. The van der Waals surface area contributed by atoms with E-state index in [1.165, 1.54) is 48.9 Å². The number of hydrogen-bond donors (Lipinski definition) is 0. The van der Waals surface area contributed by atoms with Gasteiger partial charge in [0.2, 0.25) is 0 Å². The molecule has 0 N–H and O–H groups in total. The molecule has 0 radical (unpaired) electrons. The van der Waals surface area contributed by atoms with E-state index in [0.717, 1.165) is 71.6 Å². The lowest BCUT2D eigenvalue weighted by atomic mass is 9.66. The Balaban J connectivity index is 1.17. The Morgan fingerprint density at radius 3 is 1.61 bits per heavy atom. The number of thiophene rings is 1. The van der Waals surface area contributed by atoms with Crippen LogP contribution in [0.3, 0.4) is 0 Å². The summed E-state index contributed by atoms with van der Waals surface area (Å²) in [6.45, 7) is 0. The van der Waals surface area contributed by atoms with Gasteiger partial charge in [-0.3, -0.25) is 0 Å². The minimum atomic E-state index is -0.581. The highest BCUT2D eigenvalue weighted by Crippen LogP contribution is 2.63. The molecule has 1 spiro atoms. The highest BCUT2D eigenvalue weighted by atomic mass is 32.1. The number of benzene rings is 9. The molecule has 59 heavy (non-hydrogen) atoms. The van der Waals surface area contributed by atoms with Crippen LogP contribution < -0.4 is 4.74 Å². The van der Waals surface area contributed by atoms with Crippen LogP contribution in [0.4, 0.5) is 0 Å². The van der Waals surface area contributed by atoms with Crippen molar-refractivity contribution in [3.8, 4) is 56.4 Å². The molecular weight excluding hydrogens is 737 g/mol. The van der Waals surface area contributed by atoms with Crippen molar-refractivity contribution >= 4 is 53.2 Å². The fraction of sp³-hybridized carbons (Fsp3) is 0.0182. The van der Waals surface area contributed by atoms with Crippen LogP contribution in [-0.4, -0.2) is 9.97 Å². The Labute approximate surface area is 344 Å². The van der Waals surface area contributed by atoms with Gasteiger partial charge in [0.25, 0.3) is 0 Å².